The van der Waals surface area contributed by atoms with E-state index in [1.54, 1.807) is 23.0 Å². The van der Waals surface area contributed by atoms with Crippen LogP contribution in [-0.4, -0.2) is 20.0 Å². The molecule has 0 radical (unpaired) electrons. The zero-order valence-electron chi connectivity index (χ0n) is 11.7. The van der Waals surface area contributed by atoms with Crippen molar-refractivity contribution in [3.63, 3.8) is 0 Å². The molecule has 2 heterocycles. The molecule has 5 nitrogen and oxygen atoms in total. The zero-order chi connectivity index (χ0) is 15.5. The first-order valence-corrected chi connectivity index (χ1v) is 7.95. The van der Waals surface area contributed by atoms with Gasteiger partial charge in [0.2, 0.25) is 0 Å². The summed E-state index contributed by atoms with van der Waals surface area (Å²) >= 11 is 7.22. The Morgan fingerprint density at radius 2 is 2.23 bits per heavy atom. The summed E-state index contributed by atoms with van der Waals surface area (Å²) in [7, 11) is 0. The maximum Gasteiger partial charge on any atom is 0.277 e. The van der Waals surface area contributed by atoms with Crippen LogP contribution in [0, 0.1) is 5.82 Å². The Kier molecular flexibility index (Phi) is 4.44. The van der Waals surface area contributed by atoms with Crippen LogP contribution in [-0.2, 0) is 12.3 Å². The SMILES string of the molecule is CCn1cc(-c2nnc(SCc3c(F)cccc3Cl)o2)cn1. The predicted molar refractivity (Wildman–Crippen MR) is 82.2 cm³/mol. The fraction of sp³-hybridized carbons (Fsp3) is 0.214. The molecule has 3 rings (SSSR count). The molecular formula is C14H12ClFN4OS. The van der Waals surface area contributed by atoms with Crippen LogP contribution in [0.25, 0.3) is 11.5 Å². The summed E-state index contributed by atoms with van der Waals surface area (Å²) in [4.78, 5) is 0. The van der Waals surface area contributed by atoms with E-state index in [0.29, 0.717) is 27.5 Å². The highest BCUT2D eigenvalue weighted by atomic mass is 35.5. The summed E-state index contributed by atoms with van der Waals surface area (Å²) in [5, 5.41) is 12.8. The topological polar surface area (TPSA) is 56.7 Å². The van der Waals surface area contributed by atoms with E-state index < -0.39 is 0 Å². The number of hydrogen-bond acceptors (Lipinski definition) is 5. The molecule has 0 unspecified atom stereocenters. The molecule has 0 aliphatic rings. The second-order valence-corrected chi connectivity index (χ2v) is 5.78. The largest absolute Gasteiger partial charge is 0.411 e. The molecular weight excluding hydrogens is 327 g/mol. The maximum absolute atomic E-state index is 13.7. The van der Waals surface area contributed by atoms with E-state index in [1.165, 1.54) is 17.8 Å². The van der Waals surface area contributed by atoms with Gasteiger partial charge in [-0.1, -0.05) is 29.4 Å². The lowest BCUT2D eigenvalue weighted by Crippen LogP contribution is -1.91. The fourth-order valence-corrected chi connectivity index (χ4v) is 2.94. The van der Waals surface area contributed by atoms with Gasteiger partial charge in [-0.3, -0.25) is 4.68 Å². The summed E-state index contributed by atoms with van der Waals surface area (Å²) in [6, 6.07) is 4.60. The molecule has 114 valence electrons. The average Bonchev–Trinajstić information content (AvgIpc) is 3.15. The zero-order valence-corrected chi connectivity index (χ0v) is 13.2. The van der Waals surface area contributed by atoms with Gasteiger partial charge in [0.1, 0.15) is 5.82 Å². The van der Waals surface area contributed by atoms with Crippen LogP contribution in [0.5, 0.6) is 0 Å². The molecule has 22 heavy (non-hydrogen) atoms. The third-order valence-corrected chi connectivity index (χ3v) is 4.21. The van der Waals surface area contributed by atoms with Gasteiger partial charge in [0, 0.05) is 29.1 Å². The minimum atomic E-state index is -0.344. The van der Waals surface area contributed by atoms with Gasteiger partial charge in [-0.05, 0) is 19.1 Å². The number of benzene rings is 1. The normalized spacial score (nSPS) is 11.0. The molecule has 0 atom stereocenters. The molecule has 1 aromatic carbocycles. The molecule has 2 aromatic heterocycles. The Balaban J connectivity index is 1.72. The molecule has 0 bridgehead atoms. The van der Waals surface area contributed by atoms with Gasteiger partial charge in [0.25, 0.3) is 11.1 Å². The first kappa shape index (κ1) is 15.1. The van der Waals surface area contributed by atoms with E-state index in [0.717, 1.165) is 12.1 Å². The molecule has 0 saturated heterocycles. The van der Waals surface area contributed by atoms with Crippen molar-refractivity contribution < 1.29 is 8.81 Å². The van der Waals surface area contributed by atoms with E-state index in [4.69, 9.17) is 16.0 Å². The van der Waals surface area contributed by atoms with Crippen LogP contribution in [0.4, 0.5) is 4.39 Å². The van der Waals surface area contributed by atoms with Gasteiger partial charge >= 0.3 is 0 Å². The van der Waals surface area contributed by atoms with Crippen molar-refractivity contribution in [2.75, 3.05) is 0 Å². The van der Waals surface area contributed by atoms with Crippen LogP contribution in [0.3, 0.4) is 0 Å². The number of aromatic nitrogens is 4. The van der Waals surface area contributed by atoms with E-state index in [2.05, 4.69) is 15.3 Å². The van der Waals surface area contributed by atoms with Crippen LogP contribution in [0.1, 0.15) is 12.5 Å². The van der Waals surface area contributed by atoms with Gasteiger partial charge in [-0.2, -0.15) is 5.10 Å². The van der Waals surface area contributed by atoms with E-state index in [-0.39, 0.29) is 5.82 Å². The Morgan fingerprint density at radius 3 is 2.95 bits per heavy atom. The number of halogens is 2. The number of rotatable bonds is 5. The summed E-state index contributed by atoms with van der Waals surface area (Å²) < 4.78 is 21.0. The Morgan fingerprint density at radius 1 is 1.36 bits per heavy atom. The number of thioether (sulfide) groups is 1. The third-order valence-electron chi connectivity index (χ3n) is 3.01. The van der Waals surface area contributed by atoms with Gasteiger partial charge in [-0.15, -0.1) is 10.2 Å². The van der Waals surface area contributed by atoms with Crippen LogP contribution in [0.2, 0.25) is 5.02 Å². The van der Waals surface area contributed by atoms with E-state index >= 15 is 0 Å². The van der Waals surface area contributed by atoms with Crippen LogP contribution < -0.4 is 0 Å². The number of aryl methyl sites for hydroxylation is 1. The fourth-order valence-electron chi connectivity index (χ4n) is 1.84. The third kappa shape index (κ3) is 3.15. The van der Waals surface area contributed by atoms with Gasteiger partial charge in [0.15, 0.2) is 0 Å². The van der Waals surface area contributed by atoms with Crippen LogP contribution >= 0.6 is 23.4 Å². The van der Waals surface area contributed by atoms with Crippen molar-refractivity contribution in [3.8, 4) is 11.5 Å². The molecule has 0 N–H and O–H groups in total. The number of nitrogens with zero attached hydrogens (tertiary/aromatic N) is 4. The minimum Gasteiger partial charge on any atom is -0.411 e. The predicted octanol–water partition coefficient (Wildman–Crippen LogP) is 4.04. The smallest absolute Gasteiger partial charge is 0.277 e. The first-order chi connectivity index (χ1) is 10.7. The van der Waals surface area contributed by atoms with Gasteiger partial charge in [-0.25, -0.2) is 4.39 Å². The quantitative estimate of drug-likeness (QED) is 0.657. The molecule has 0 fully saturated rings. The summed E-state index contributed by atoms with van der Waals surface area (Å²) in [6.07, 6.45) is 3.49. The average molecular weight is 339 g/mol. The van der Waals surface area contributed by atoms with Crippen molar-refractivity contribution in [2.24, 2.45) is 0 Å². The van der Waals surface area contributed by atoms with Crippen molar-refractivity contribution in [1.82, 2.24) is 20.0 Å². The van der Waals surface area contributed by atoms with Crippen molar-refractivity contribution >= 4 is 23.4 Å². The van der Waals surface area contributed by atoms with Crippen molar-refractivity contribution in [2.45, 2.75) is 24.4 Å². The molecule has 0 spiro atoms. The minimum absolute atomic E-state index is 0.321. The van der Waals surface area contributed by atoms with Crippen LogP contribution in [0.15, 0.2) is 40.2 Å². The summed E-state index contributed by atoms with van der Waals surface area (Å²) in [6.45, 7) is 2.76. The lowest BCUT2D eigenvalue weighted by molar-refractivity contribution is 0.465. The number of hydrogen-bond donors (Lipinski definition) is 0. The standard InChI is InChI=1S/C14H12ClFN4OS/c1-2-20-7-9(6-17-20)13-18-19-14(21-13)22-8-10-11(15)4-3-5-12(10)16/h3-7H,2,8H2,1H3. The summed E-state index contributed by atoms with van der Waals surface area (Å²) in [5.41, 5.74) is 1.18. The van der Waals surface area contributed by atoms with Gasteiger partial charge < -0.3 is 4.42 Å². The van der Waals surface area contributed by atoms with Gasteiger partial charge in [0.05, 0.1) is 11.8 Å². The molecule has 8 heteroatoms. The lowest BCUT2D eigenvalue weighted by atomic mass is 10.2. The highest BCUT2D eigenvalue weighted by Crippen LogP contribution is 2.29. The molecule has 3 aromatic rings. The molecule has 0 amide bonds. The first-order valence-electron chi connectivity index (χ1n) is 6.59. The Bertz CT molecular complexity index is 769. The second kappa shape index (κ2) is 6.50. The van der Waals surface area contributed by atoms with Crippen molar-refractivity contribution in [3.05, 3.63) is 47.0 Å². The highest BCUT2D eigenvalue weighted by Gasteiger charge is 2.13. The Labute approximate surface area is 135 Å². The lowest BCUT2D eigenvalue weighted by Gasteiger charge is -2.02. The Hall–Kier alpha value is -1.86. The molecule has 0 aliphatic heterocycles. The monoisotopic (exact) mass is 338 g/mol. The highest BCUT2D eigenvalue weighted by molar-refractivity contribution is 7.98. The van der Waals surface area contributed by atoms with E-state index in [1.807, 2.05) is 13.1 Å². The van der Waals surface area contributed by atoms with E-state index in [9.17, 15) is 4.39 Å². The second-order valence-electron chi connectivity index (χ2n) is 4.45. The molecule has 0 aliphatic carbocycles. The maximum atomic E-state index is 13.7. The van der Waals surface area contributed by atoms with Crippen molar-refractivity contribution in [1.29, 1.82) is 0 Å². The molecule has 0 saturated carbocycles. The summed E-state index contributed by atoms with van der Waals surface area (Å²) in [5.74, 6) is 0.368.